The van der Waals surface area contributed by atoms with Crippen molar-refractivity contribution >= 4 is 17.9 Å². The standard InChI is InChI=1S/C17H29N3O5/c1-3-20-14(21)6-10-19(13-17(20)7-11-24-12-8-17)16(23)18-9-5-15(22)25-4-2/h3-13H2,1-2H3,(H,18,23). The molecule has 0 aromatic carbocycles. The van der Waals surface area contributed by atoms with Gasteiger partial charge in [-0.05, 0) is 26.7 Å². The summed E-state index contributed by atoms with van der Waals surface area (Å²) in [7, 11) is 0. The first-order valence-corrected chi connectivity index (χ1v) is 9.09. The molecule has 2 fully saturated rings. The van der Waals surface area contributed by atoms with Crippen molar-refractivity contribution in [1.29, 1.82) is 0 Å². The van der Waals surface area contributed by atoms with Gasteiger partial charge in [-0.25, -0.2) is 4.79 Å². The number of hydrogen-bond acceptors (Lipinski definition) is 5. The molecule has 3 amide bonds. The fourth-order valence-corrected chi connectivity index (χ4v) is 3.63. The number of esters is 1. The molecule has 0 atom stereocenters. The molecule has 2 heterocycles. The van der Waals surface area contributed by atoms with Gasteiger partial charge >= 0.3 is 12.0 Å². The van der Waals surface area contributed by atoms with Gasteiger partial charge in [-0.3, -0.25) is 9.59 Å². The van der Waals surface area contributed by atoms with Crippen molar-refractivity contribution in [1.82, 2.24) is 15.1 Å². The molecule has 0 radical (unpaired) electrons. The Morgan fingerprint density at radius 2 is 2.00 bits per heavy atom. The second-order valence-electron chi connectivity index (χ2n) is 6.43. The lowest BCUT2D eigenvalue weighted by molar-refractivity contribution is -0.143. The summed E-state index contributed by atoms with van der Waals surface area (Å²) >= 11 is 0. The molecule has 0 saturated carbocycles. The van der Waals surface area contributed by atoms with E-state index in [1.165, 1.54) is 0 Å². The van der Waals surface area contributed by atoms with Gasteiger partial charge in [0.05, 0.1) is 18.6 Å². The van der Waals surface area contributed by atoms with Crippen LogP contribution >= 0.6 is 0 Å². The molecule has 0 aromatic rings. The predicted molar refractivity (Wildman–Crippen MR) is 91.0 cm³/mol. The number of urea groups is 1. The molecule has 2 aliphatic rings. The summed E-state index contributed by atoms with van der Waals surface area (Å²) in [6.45, 7) is 7.02. The molecular formula is C17H29N3O5. The molecule has 1 N–H and O–H groups in total. The normalized spacial score (nSPS) is 20.3. The highest BCUT2D eigenvalue weighted by atomic mass is 16.5. The molecule has 2 aliphatic heterocycles. The summed E-state index contributed by atoms with van der Waals surface area (Å²) in [5, 5.41) is 2.76. The number of likely N-dealkylation sites (N-methyl/N-ethyl adjacent to an activating group) is 1. The topological polar surface area (TPSA) is 88.2 Å². The number of carbonyl (C=O) groups is 3. The van der Waals surface area contributed by atoms with E-state index in [0.717, 1.165) is 12.8 Å². The van der Waals surface area contributed by atoms with Gasteiger partial charge in [-0.15, -0.1) is 0 Å². The van der Waals surface area contributed by atoms with Gasteiger partial charge in [-0.2, -0.15) is 0 Å². The zero-order chi connectivity index (χ0) is 18.3. The maximum atomic E-state index is 12.5. The first-order chi connectivity index (χ1) is 12.0. The highest BCUT2D eigenvalue weighted by Crippen LogP contribution is 2.31. The van der Waals surface area contributed by atoms with E-state index in [-0.39, 0.29) is 36.4 Å². The summed E-state index contributed by atoms with van der Waals surface area (Å²) in [5.41, 5.74) is -0.348. The van der Waals surface area contributed by atoms with E-state index in [2.05, 4.69) is 5.32 Å². The molecule has 142 valence electrons. The maximum Gasteiger partial charge on any atom is 0.317 e. The summed E-state index contributed by atoms with van der Waals surface area (Å²) in [5.74, 6) is -0.238. The van der Waals surface area contributed by atoms with E-state index in [1.807, 2.05) is 11.8 Å². The molecule has 1 spiro atoms. The number of amides is 3. The van der Waals surface area contributed by atoms with E-state index in [1.54, 1.807) is 11.8 Å². The monoisotopic (exact) mass is 355 g/mol. The number of hydrogen-bond donors (Lipinski definition) is 1. The van der Waals surface area contributed by atoms with Crippen molar-refractivity contribution in [2.75, 3.05) is 46.0 Å². The molecule has 8 heteroatoms. The van der Waals surface area contributed by atoms with Gasteiger partial charge in [0, 0.05) is 45.8 Å². The number of carbonyl (C=O) groups excluding carboxylic acids is 3. The molecule has 0 aromatic heterocycles. The van der Waals surface area contributed by atoms with Crippen LogP contribution in [-0.2, 0) is 19.1 Å². The lowest BCUT2D eigenvalue weighted by Crippen LogP contribution is -2.59. The minimum absolute atomic E-state index is 0.0891. The van der Waals surface area contributed by atoms with Crippen molar-refractivity contribution in [2.24, 2.45) is 0 Å². The molecule has 8 nitrogen and oxygen atoms in total. The fourth-order valence-electron chi connectivity index (χ4n) is 3.63. The Morgan fingerprint density at radius 1 is 1.28 bits per heavy atom. The van der Waals surface area contributed by atoms with Gasteiger partial charge in [0.2, 0.25) is 5.91 Å². The lowest BCUT2D eigenvalue weighted by atomic mass is 9.87. The fraction of sp³-hybridized carbons (Fsp3) is 0.824. The van der Waals surface area contributed by atoms with Gasteiger partial charge in [0.1, 0.15) is 0 Å². The Balaban J connectivity index is 1.99. The van der Waals surface area contributed by atoms with Crippen LogP contribution in [0.3, 0.4) is 0 Å². The number of rotatable bonds is 5. The molecule has 2 saturated heterocycles. The predicted octanol–water partition coefficient (Wildman–Crippen LogP) is 0.753. The van der Waals surface area contributed by atoms with Crippen LogP contribution < -0.4 is 5.32 Å². The number of ether oxygens (including phenoxy) is 2. The molecule has 0 aliphatic carbocycles. The highest BCUT2D eigenvalue weighted by molar-refractivity contribution is 5.80. The highest BCUT2D eigenvalue weighted by Gasteiger charge is 2.44. The zero-order valence-electron chi connectivity index (χ0n) is 15.2. The maximum absolute atomic E-state index is 12.5. The van der Waals surface area contributed by atoms with Gasteiger partial charge in [-0.1, -0.05) is 0 Å². The van der Waals surface area contributed by atoms with Crippen molar-refractivity contribution in [3.05, 3.63) is 0 Å². The van der Waals surface area contributed by atoms with Crippen molar-refractivity contribution < 1.29 is 23.9 Å². The Morgan fingerprint density at radius 3 is 2.64 bits per heavy atom. The Hall–Kier alpha value is -1.83. The van der Waals surface area contributed by atoms with Crippen LogP contribution in [0.15, 0.2) is 0 Å². The summed E-state index contributed by atoms with van der Waals surface area (Å²) < 4.78 is 10.3. The molecule has 25 heavy (non-hydrogen) atoms. The first-order valence-electron chi connectivity index (χ1n) is 9.09. The zero-order valence-corrected chi connectivity index (χ0v) is 15.2. The molecule has 2 rings (SSSR count). The molecule has 0 unspecified atom stereocenters. The largest absolute Gasteiger partial charge is 0.466 e. The quantitative estimate of drug-likeness (QED) is 0.736. The minimum atomic E-state index is -0.348. The molecular weight excluding hydrogens is 326 g/mol. The third-order valence-corrected chi connectivity index (χ3v) is 4.89. The third-order valence-electron chi connectivity index (χ3n) is 4.89. The van der Waals surface area contributed by atoms with Crippen LogP contribution in [0.4, 0.5) is 4.79 Å². The van der Waals surface area contributed by atoms with E-state index in [4.69, 9.17) is 9.47 Å². The van der Waals surface area contributed by atoms with Crippen LogP contribution in [0.1, 0.15) is 39.5 Å². The average molecular weight is 355 g/mol. The van der Waals surface area contributed by atoms with E-state index in [0.29, 0.717) is 45.9 Å². The Bertz CT molecular complexity index is 491. The third kappa shape index (κ3) is 4.84. The van der Waals surface area contributed by atoms with Crippen LogP contribution in [-0.4, -0.2) is 79.2 Å². The number of nitrogens with zero attached hydrogens (tertiary/aromatic N) is 2. The van der Waals surface area contributed by atoms with Crippen LogP contribution in [0, 0.1) is 0 Å². The van der Waals surface area contributed by atoms with Crippen molar-refractivity contribution in [3.8, 4) is 0 Å². The number of nitrogens with one attached hydrogen (secondary N) is 1. The summed E-state index contributed by atoms with van der Waals surface area (Å²) in [6, 6.07) is -0.235. The second kappa shape index (κ2) is 9.03. The lowest BCUT2D eigenvalue weighted by Gasteiger charge is -2.46. The Labute approximate surface area is 148 Å². The minimum Gasteiger partial charge on any atom is -0.466 e. The van der Waals surface area contributed by atoms with Crippen LogP contribution in [0.25, 0.3) is 0 Å². The average Bonchev–Trinajstić information content (AvgIpc) is 2.72. The van der Waals surface area contributed by atoms with E-state index in [9.17, 15) is 14.4 Å². The van der Waals surface area contributed by atoms with Crippen molar-refractivity contribution in [3.63, 3.8) is 0 Å². The summed E-state index contributed by atoms with van der Waals surface area (Å²) in [4.78, 5) is 40.0. The van der Waals surface area contributed by atoms with Crippen LogP contribution in [0.2, 0.25) is 0 Å². The van der Waals surface area contributed by atoms with Crippen LogP contribution in [0.5, 0.6) is 0 Å². The summed E-state index contributed by atoms with van der Waals surface area (Å²) in [6.07, 6.45) is 1.94. The van der Waals surface area contributed by atoms with Gasteiger partial charge in [0.15, 0.2) is 0 Å². The van der Waals surface area contributed by atoms with Gasteiger partial charge < -0.3 is 24.6 Å². The van der Waals surface area contributed by atoms with E-state index >= 15 is 0 Å². The van der Waals surface area contributed by atoms with Crippen molar-refractivity contribution in [2.45, 2.75) is 45.1 Å². The second-order valence-corrected chi connectivity index (χ2v) is 6.43. The Kier molecular flexibility index (Phi) is 7.04. The first kappa shape index (κ1) is 19.5. The molecule has 0 bridgehead atoms. The van der Waals surface area contributed by atoms with Gasteiger partial charge in [0.25, 0.3) is 0 Å². The smallest absolute Gasteiger partial charge is 0.317 e. The van der Waals surface area contributed by atoms with E-state index < -0.39 is 0 Å². The SMILES string of the molecule is CCOC(=O)CCNC(=O)N1CCC(=O)N(CC)C2(CCOCC2)C1.